The molecule has 1 atom stereocenters. The molecule has 166 valence electrons. The predicted octanol–water partition coefficient (Wildman–Crippen LogP) is 4.64. The van der Waals surface area contributed by atoms with Crippen LogP contribution in [0, 0.1) is 12.3 Å². The van der Waals surface area contributed by atoms with Crippen LogP contribution in [-0.4, -0.2) is 23.8 Å². The van der Waals surface area contributed by atoms with Gasteiger partial charge in [0.1, 0.15) is 11.6 Å². The number of Topliss-reactive ketones (excluding diaryl/α,β-unsaturated/α-hetero) is 1. The number of anilines is 1. The first-order valence-corrected chi connectivity index (χ1v) is 10.8. The highest BCUT2D eigenvalue weighted by atomic mass is 16.5. The summed E-state index contributed by atoms with van der Waals surface area (Å²) in [5.41, 5.74) is 4.64. The van der Waals surface area contributed by atoms with Gasteiger partial charge in [-0.2, -0.15) is 0 Å². The topological polar surface area (TPSA) is 80.3 Å². The number of ketones is 1. The molecule has 4 rings (SSSR count). The molecule has 1 aliphatic carbocycles. The molecule has 0 saturated heterocycles. The standard InChI is InChI=1S/C26H29N3O3/c1-15-10-11-27-21(12-15)29-25(31)22-16(2)28-19-13-26(3,4)14-20(30)24(19)23(22)17-6-8-18(32-5)9-7-17/h6-12,23,28H,13-14H2,1-5H3,(H,27,29,31). The molecule has 2 heterocycles. The van der Waals surface area contributed by atoms with Crippen LogP contribution >= 0.6 is 0 Å². The molecule has 6 nitrogen and oxygen atoms in total. The largest absolute Gasteiger partial charge is 0.497 e. The van der Waals surface area contributed by atoms with Gasteiger partial charge in [0, 0.05) is 41.1 Å². The predicted molar refractivity (Wildman–Crippen MR) is 124 cm³/mol. The van der Waals surface area contributed by atoms with Gasteiger partial charge >= 0.3 is 0 Å². The van der Waals surface area contributed by atoms with E-state index in [0.29, 0.717) is 23.4 Å². The van der Waals surface area contributed by atoms with Crippen molar-refractivity contribution in [3.63, 3.8) is 0 Å². The summed E-state index contributed by atoms with van der Waals surface area (Å²) in [6.45, 7) is 8.04. The number of methoxy groups -OCH3 is 1. The molecule has 0 saturated carbocycles. The first-order chi connectivity index (χ1) is 15.2. The van der Waals surface area contributed by atoms with Gasteiger partial charge < -0.3 is 15.4 Å². The number of carbonyl (C=O) groups excluding carboxylic acids is 2. The minimum absolute atomic E-state index is 0.0797. The minimum Gasteiger partial charge on any atom is -0.497 e. The fourth-order valence-corrected chi connectivity index (χ4v) is 4.65. The van der Waals surface area contributed by atoms with Crippen LogP contribution in [0.25, 0.3) is 0 Å². The van der Waals surface area contributed by atoms with Gasteiger partial charge in [-0.3, -0.25) is 9.59 Å². The first kappa shape index (κ1) is 21.8. The number of pyridine rings is 1. The number of benzene rings is 1. The number of aromatic nitrogens is 1. The van der Waals surface area contributed by atoms with Crippen molar-refractivity contribution in [3.8, 4) is 5.75 Å². The Morgan fingerprint density at radius 1 is 1.16 bits per heavy atom. The summed E-state index contributed by atoms with van der Waals surface area (Å²) in [4.78, 5) is 31.1. The zero-order valence-corrected chi connectivity index (χ0v) is 19.2. The first-order valence-electron chi connectivity index (χ1n) is 10.8. The number of ether oxygens (including phenoxy) is 1. The van der Waals surface area contributed by atoms with Crippen molar-refractivity contribution in [2.75, 3.05) is 12.4 Å². The molecular weight excluding hydrogens is 402 g/mol. The number of dihydropyridines is 1. The number of hydrogen-bond acceptors (Lipinski definition) is 5. The molecule has 2 aromatic rings. The Balaban J connectivity index is 1.80. The third-order valence-electron chi connectivity index (χ3n) is 6.09. The van der Waals surface area contributed by atoms with Crippen molar-refractivity contribution in [2.24, 2.45) is 5.41 Å². The number of amides is 1. The lowest BCUT2D eigenvalue weighted by Gasteiger charge is -2.39. The van der Waals surface area contributed by atoms with Crippen molar-refractivity contribution in [1.29, 1.82) is 0 Å². The van der Waals surface area contributed by atoms with Crippen LogP contribution in [0.2, 0.25) is 0 Å². The molecule has 0 radical (unpaired) electrons. The number of aryl methyl sites for hydroxylation is 1. The molecule has 32 heavy (non-hydrogen) atoms. The summed E-state index contributed by atoms with van der Waals surface area (Å²) >= 11 is 0. The Morgan fingerprint density at radius 3 is 2.53 bits per heavy atom. The molecule has 1 aromatic heterocycles. The van der Waals surface area contributed by atoms with Crippen LogP contribution < -0.4 is 15.4 Å². The molecule has 0 fully saturated rings. The Hall–Kier alpha value is -3.41. The van der Waals surface area contributed by atoms with E-state index in [1.807, 2.05) is 50.2 Å². The Kier molecular flexibility index (Phi) is 5.63. The van der Waals surface area contributed by atoms with Crippen LogP contribution in [0.3, 0.4) is 0 Å². The third kappa shape index (κ3) is 4.17. The number of nitrogens with one attached hydrogen (secondary N) is 2. The average molecular weight is 432 g/mol. The zero-order chi connectivity index (χ0) is 23.0. The van der Waals surface area contributed by atoms with E-state index in [0.717, 1.165) is 34.7 Å². The Morgan fingerprint density at radius 2 is 1.88 bits per heavy atom. The van der Waals surface area contributed by atoms with E-state index < -0.39 is 5.92 Å². The van der Waals surface area contributed by atoms with E-state index >= 15 is 0 Å². The molecule has 2 aliphatic rings. The molecule has 0 bridgehead atoms. The maximum Gasteiger partial charge on any atom is 0.255 e. The van der Waals surface area contributed by atoms with Crippen LogP contribution in [0.5, 0.6) is 5.75 Å². The molecule has 1 aromatic carbocycles. The second-order valence-corrected chi connectivity index (χ2v) is 9.38. The normalized spacial score (nSPS) is 19.9. The monoisotopic (exact) mass is 431 g/mol. The van der Waals surface area contributed by atoms with Gasteiger partial charge in [0.05, 0.1) is 7.11 Å². The van der Waals surface area contributed by atoms with Crippen LogP contribution in [0.15, 0.2) is 65.1 Å². The maximum atomic E-state index is 13.5. The third-order valence-corrected chi connectivity index (χ3v) is 6.09. The Bertz CT molecular complexity index is 1140. The summed E-state index contributed by atoms with van der Waals surface area (Å²) in [5, 5.41) is 6.31. The second kappa shape index (κ2) is 8.26. The number of rotatable bonds is 4. The van der Waals surface area contributed by atoms with E-state index in [2.05, 4.69) is 29.5 Å². The number of allylic oxidation sites excluding steroid dienone is 3. The van der Waals surface area contributed by atoms with Gasteiger partial charge in [-0.25, -0.2) is 4.98 Å². The molecular formula is C26H29N3O3. The fraction of sp³-hybridized carbons (Fsp3) is 0.346. The van der Waals surface area contributed by atoms with Crippen molar-refractivity contribution >= 4 is 17.5 Å². The van der Waals surface area contributed by atoms with Gasteiger partial charge in [-0.05, 0) is 61.1 Å². The molecule has 1 unspecified atom stereocenters. The van der Waals surface area contributed by atoms with Crippen LogP contribution in [0.1, 0.15) is 50.7 Å². The zero-order valence-electron chi connectivity index (χ0n) is 19.2. The van der Waals surface area contributed by atoms with Gasteiger partial charge in [0.15, 0.2) is 5.78 Å². The van der Waals surface area contributed by atoms with Crippen LogP contribution in [0.4, 0.5) is 5.82 Å². The lowest BCUT2D eigenvalue weighted by Crippen LogP contribution is -2.39. The van der Waals surface area contributed by atoms with Crippen molar-refractivity contribution in [2.45, 2.75) is 46.5 Å². The van der Waals surface area contributed by atoms with Crippen molar-refractivity contribution in [3.05, 3.63) is 76.3 Å². The van der Waals surface area contributed by atoms with E-state index in [9.17, 15) is 9.59 Å². The number of carbonyl (C=O) groups is 2. The van der Waals surface area contributed by atoms with Crippen molar-refractivity contribution < 1.29 is 14.3 Å². The summed E-state index contributed by atoms with van der Waals surface area (Å²) < 4.78 is 5.31. The van der Waals surface area contributed by atoms with Crippen LogP contribution in [-0.2, 0) is 9.59 Å². The Labute approximate surface area is 188 Å². The number of nitrogens with zero attached hydrogens (tertiary/aromatic N) is 1. The lowest BCUT2D eigenvalue weighted by atomic mass is 9.68. The maximum absolute atomic E-state index is 13.5. The van der Waals surface area contributed by atoms with E-state index in [4.69, 9.17) is 4.74 Å². The van der Waals surface area contributed by atoms with E-state index in [-0.39, 0.29) is 17.1 Å². The molecule has 1 aliphatic heterocycles. The highest BCUT2D eigenvalue weighted by Gasteiger charge is 2.42. The quantitative estimate of drug-likeness (QED) is 0.737. The lowest BCUT2D eigenvalue weighted by molar-refractivity contribution is -0.118. The van der Waals surface area contributed by atoms with Gasteiger partial charge in [-0.1, -0.05) is 26.0 Å². The number of hydrogen-bond donors (Lipinski definition) is 2. The smallest absolute Gasteiger partial charge is 0.255 e. The molecule has 1 amide bonds. The summed E-state index contributed by atoms with van der Waals surface area (Å²) in [6.07, 6.45) is 2.87. The molecule has 2 N–H and O–H groups in total. The summed E-state index contributed by atoms with van der Waals surface area (Å²) in [5.74, 6) is 0.572. The van der Waals surface area contributed by atoms with E-state index in [1.165, 1.54) is 0 Å². The SMILES string of the molecule is COc1ccc(C2C(C(=O)Nc3cc(C)ccn3)=C(C)NC3=C2C(=O)CC(C)(C)C3)cc1. The minimum atomic E-state index is -0.453. The summed E-state index contributed by atoms with van der Waals surface area (Å²) in [7, 11) is 1.62. The van der Waals surface area contributed by atoms with Gasteiger partial charge in [-0.15, -0.1) is 0 Å². The van der Waals surface area contributed by atoms with Crippen molar-refractivity contribution in [1.82, 2.24) is 10.3 Å². The molecule has 0 spiro atoms. The second-order valence-electron chi connectivity index (χ2n) is 9.38. The highest BCUT2D eigenvalue weighted by Crippen LogP contribution is 2.46. The highest BCUT2D eigenvalue weighted by molar-refractivity contribution is 6.09. The molecule has 6 heteroatoms. The average Bonchev–Trinajstić information content (AvgIpc) is 2.71. The van der Waals surface area contributed by atoms with Gasteiger partial charge in [0.25, 0.3) is 5.91 Å². The summed E-state index contributed by atoms with van der Waals surface area (Å²) in [6, 6.07) is 11.3. The van der Waals surface area contributed by atoms with E-state index in [1.54, 1.807) is 13.3 Å². The fourth-order valence-electron chi connectivity index (χ4n) is 4.65. The van der Waals surface area contributed by atoms with Gasteiger partial charge in [0.2, 0.25) is 0 Å².